The first kappa shape index (κ1) is 25.1. The number of hydrogen-bond donors (Lipinski definition) is 1. The molecule has 1 aromatic carbocycles. The minimum Gasteiger partial charge on any atom is -0.379 e. The summed E-state index contributed by atoms with van der Waals surface area (Å²) < 4.78 is 12.5. The Bertz CT molecular complexity index is 1110. The fourth-order valence-corrected chi connectivity index (χ4v) is 5.68. The molecule has 0 spiro atoms. The van der Waals surface area contributed by atoms with Crippen molar-refractivity contribution in [1.29, 1.82) is 0 Å². The van der Waals surface area contributed by atoms with Gasteiger partial charge < -0.3 is 19.4 Å². The van der Waals surface area contributed by atoms with E-state index < -0.39 is 0 Å². The minimum absolute atomic E-state index is 0. The first-order valence-electron chi connectivity index (χ1n) is 11.8. The highest BCUT2D eigenvalue weighted by Crippen LogP contribution is 2.37. The molecular formula is C26H32ClN3O3S. The Labute approximate surface area is 210 Å². The van der Waals surface area contributed by atoms with Crippen LogP contribution in [0.5, 0.6) is 0 Å². The second kappa shape index (κ2) is 12.1. The molecule has 3 aromatic rings. The third-order valence-electron chi connectivity index (χ3n) is 6.36. The van der Waals surface area contributed by atoms with Crippen molar-refractivity contribution in [2.24, 2.45) is 0 Å². The summed E-state index contributed by atoms with van der Waals surface area (Å²) in [6.07, 6.45) is 0.932. The average Bonchev–Trinajstić information content (AvgIpc) is 3.37. The topological polar surface area (TPSA) is 55.7 Å². The number of pyridine rings is 1. The van der Waals surface area contributed by atoms with Gasteiger partial charge in [-0.3, -0.25) is 9.69 Å². The molecule has 2 aromatic heterocycles. The van der Waals surface area contributed by atoms with E-state index >= 15 is 0 Å². The summed E-state index contributed by atoms with van der Waals surface area (Å²) in [4.78, 5) is 17.0. The normalized spacial score (nSPS) is 17.5. The number of hydrogen-bond acceptors (Lipinski definition) is 6. The fourth-order valence-electron chi connectivity index (χ4n) is 4.64. The number of benzene rings is 1. The van der Waals surface area contributed by atoms with Gasteiger partial charge in [0.2, 0.25) is 0 Å². The van der Waals surface area contributed by atoms with Gasteiger partial charge >= 0.3 is 0 Å². The molecule has 5 heterocycles. The Morgan fingerprint density at radius 3 is 2.35 bits per heavy atom. The van der Waals surface area contributed by atoms with E-state index in [1.807, 2.05) is 34.9 Å². The maximum atomic E-state index is 13.3. The van der Waals surface area contributed by atoms with Crippen LogP contribution in [-0.2, 0) is 29.0 Å². The molecule has 34 heavy (non-hydrogen) atoms. The van der Waals surface area contributed by atoms with Crippen molar-refractivity contribution in [2.45, 2.75) is 19.5 Å². The van der Waals surface area contributed by atoms with Gasteiger partial charge in [-0.15, -0.1) is 23.7 Å². The van der Waals surface area contributed by atoms with Crippen molar-refractivity contribution in [3.63, 3.8) is 0 Å². The third-order valence-corrected chi connectivity index (χ3v) is 7.33. The van der Waals surface area contributed by atoms with E-state index in [2.05, 4.69) is 27.7 Å². The van der Waals surface area contributed by atoms with Gasteiger partial charge in [0.05, 0.1) is 37.0 Å². The summed E-state index contributed by atoms with van der Waals surface area (Å²) in [5.74, 6) is 0. The molecule has 0 unspecified atom stereocenters. The summed E-state index contributed by atoms with van der Waals surface area (Å²) in [5, 5.41) is 5.31. The number of aryl methyl sites for hydroxylation is 1. The molecule has 0 atom stereocenters. The van der Waals surface area contributed by atoms with E-state index in [1.54, 1.807) is 11.3 Å². The van der Waals surface area contributed by atoms with Crippen molar-refractivity contribution < 1.29 is 9.47 Å². The van der Waals surface area contributed by atoms with Crippen LogP contribution in [0.25, 0.3) is 21.7 Å². The molecular weight excluding hydrogens is 470 g/mol. The highest BCUT2D eigenvalue weighted by molar-refractivity contribution is 7.13. The van der Waals surface area contributed by atoms with E-state index in [4.69, 9.17) is 9.47 Å². The molecule has 0 amide bonds. The van der Waals surface area contributed by atoms with Crippen LogP contribution in [0.15, 0.2) is 52.6 Å². The van der Waals surface area contributed by atoms with Gasteiger partial charge in [0.25, 0.3) is 5.56 Å². The number of fused-ring (bicyclic) bond motifs is 3. The molecule has 0 bridgehead atoms. The molecule has 0 saturated carbocycles. The second-order valence-corrected chi connectivity index (χ2v) is 9.45. The van der Waals surface area contributed by atoms with Gasteiger partial charge in [0, 0.05) is 44.8 Å². The summed E-state index contributed by atoms with van der Waals surface area (Å²) in [7, 11) is 0. The van der Waals surface area contributed by atoms with Gasteiger partial charge in [-0.2, -0.15) is 0 Å². The van der Waals surface area contributed by atoms with Gasteiger partial charge in [-0.1, -0.05) is 30.3 Å². The Morgan fingerprint density at radius 1 is 0.941 bits per heavy atom. The molecule has 2 fully saturated rings. The van der Waals surface area contributed by atoms with E-state index in [9.17, 15) is 4.79 Å². The fraction of sp³-hybridized carbons (Fsp3) is 0.423. The molecule has 6 nitrogen and oxygen atoms in total. The van der Waals surface area contributed by atoms with E-state index in [-0.39, 0.29) is 18.0 Å². The van der Waals surface area contributed by atoms with E-state index in [0.29, 0.717) is 0 Å². The van der Waals surface area contributed by atoms with Crippen molar-refractivity contribution in [2.75, 3.05) is 52.6 Å². The second-order valence-electron chi connectivity index (χ2n) is 8.53. The van der Waals surface area contributed by atoms with Crippen LogP contribution in [-0.4, -0.2) is 62.1 Å². The lowest BCUT2D eigenvalue weighted by atomic mass is 9.98. The van der Waals surface area contributed by atoms with E-state index in [0.717, 1.165) is 88.9 Å². The van der Waals surface area contributed by atoms with Crippen molar-refractivity contribution in [1.82, 2.24) is 14.8 Å². The molecule has 1 N–H and O–H groups in total. The average molecular weight is 502 g/mol. The Kier molecular flexibility index (Phi) is 8.94. The lowest BCUT2D eigenvalue weighted by Gasteiger charge is -2.29. The summed E-state index contributed by atoms with van der Waals surface area (Å²) in [5.41, 5.74) is 5.68. The number of rotatable bonds is 3. The van der Waals surface area contributed by atoms with Crippen LogP contribution in [0.4, 0.5) is 0 Å². The molecule has 8 heteroatoms. The first-order chi connectivity index (χ1) is 16.3. The van der Waals surface area contributed by atoms with E-state index in [1.165, 1.54) is 16.0 Å². The number of thiophene rings is 1. The zero-order valence-electron chi connectivity index (χ0n) is 19.3. The molecule has 3 aliphatic rings. The van der Waals surface area contributed by atoms with Crippen LogP contribution in [0.2, 0.25) is 0 Å². The monoisotopic (exact) mass is 501 g/mol. The number of nitrogens with one attached hydrogen (secondary N) is 1. The Morgan fingerprint density at radius 2 is 1.68 bits per heavy atom. The molecule has 3 aliphatic heterocycles. The standard InChI is InChI=1S/C22H22N2O2S.C4H9NO.ClH/c25-22-19(16-4-2-1-3-5-16)14-18(15-23-9-11-26-12-10-23)20-21-17(7-13-27-21)6-8-24(20)22;1-3-6-4-2-5-1;/h1-5,7,13-14H,6,8-12,15H2;5H,1-4H2;1H. The number of morpholine rings is 2. The lowest BCUT2D eigenvalue weighted by Crippen LogP contribution is -2.37. The number of aromatic nitrogens is 1. The molecule has 0 aliphatic carbocycles. The maximum absolute atomic E-state index is 13.3. The predicted octanol–water partition coefficient (Wildman–Crippen LogP) is 3.66. The van der Waals surface area contributed by atoms with Crippen LogP contribution >= 0.6 is 23.7 Å². The number of halogens is 1. The summed E-state index contributed by atoms with van der Waals surface area (Å²) >= 11 is 1.75. The zero-order valence-corrected chi connectivity index (χ0v) is 21.0. The van der Waals surface area contributed by atoms with Crippen molar-refractivity contribution >= 4 is 23.7 Å². The Hall–Kier alpha value is -2.00. The van der Waals surface area contributed by atoms with Gasteiger partial charge in [0.1, 0.15) is 0 Å². The zero-order chi connectivity index (χ0) is 22.5. The third kappa shape index (κ3) is 5.62. The van der Waals surface area contributed by atoms with Crippen LogP contribution in [0.3, 0.4) is 0 Å². The first-order valence-corrected chi connectivity index (χ1v) is 12.7. The SMILES string of the molecule is C1COCCN1.Cl.O=c1c(-c2ccccc2)cc(CN2CCOCC2)c2n1CCc1ccsc1-2. The molecule has 0 radical (unpaired) electrons. The molecule has 6 rings (SSSR count). The highest BCUT2D eigenvalue weighted by atomic mass is 35.5. The number of nitrogens with zero attached hydrogens (tertiary/aromatic N) is 2. The predicted molar refractivity (Wildman–Crippen MR) is 140 cm³/mol. The van der Waals surface area contributed by atoms with Crippen LogP contribution in [0.1, 0.15) is 11.1 Å². The molecule has 2 saturated heterocycles. The Balaban J connectivity index is 0.000000344. The van der Waals surface area contributed by atoms with Crippen LogP contribution in [0, 0.1) is 0 Å². The van der Waals surface area contributed by atoms with Crippen molar-refractivity contribution in [3.05, 3.63) is 69.3 Å². The van der Waals surface area contributed by atoms with Gasteiger partial charge in [-0.05, 0) is 40.6 Å². The lowest BCUT2D eigenvalue weighted by molar-refractivity contribution is 0.0342. The number of ether oxygens (including phenoxy) is 2. The molecule has 182 valence electrons. The van der Waals surface area contributed by atoms with Gasteiger partial charge in [0.15, 0.2) is 0 Å². The van der Waals surface area contributed by atoms with Gasteiger partial charge in [-0.25, -0.2) is 0 Å². The quantitative estimate of drug-likeness (QED) is 0.593. The largest absolute Gasteiger partial charge is 0.379 e. The van der Waals surface area contributed by atoms with Crippen molar-refractivity contribution in [3.8, 4) is 21.7 Å². The summed E-state index contributed by atoms with van der Waals surface area (Å²) in [6.45, 7) is 8.90. The maximum Gasteiger partial charge on any atom is 0.258 e. The smallest absolute Gasteiger partial charge is 0.258 e. The van der Waals surface area contributed by atoms with Crippen LogP contribution < -0.4 is 10.9 Å². The summed E-state index contributed by atoms with van der Waals surface area (Å²) in [6, 6.07) is 14.4. The minimum atomic E-state index is 0. The highest BCUT2D eigenvalue weighted by Gasteiger charge is 2.25.